The Hall–Kier alpha value is -0.280. The minimum Gasteiger partial charge on any atom is -0.309 e. The van der Waals surface area contributed by atoms with E-state index >= 15 is 0 Å². The van der Waals surface area contributed by atoms with E-state index in [4.69, 9.17) is 0 Å². The highest BCUT2D eigenvalue weighted by Gasteiger charge is 2.12. The molecule has 0 N–H and O–H groups in total. The molecule has 1 aromatic rings. The van der Waals surface area contributed by atoms with Crippen LogP contribution in [0.25, 0.3) is 0 Å². The molecule has 0 fully saturated rings. The van der Waals surface area contributed by atoms with Crippen LogP contribution in [0.5, 0.6) is 0 Å². The van der Waals surface area contributed by atoms with Gasteiger partial charge in [-0.05, 0) is 57.6 Å². The van der Waals surface area contributed by atoms with E-state index in [2.05, 4.69) is 48.2 Å². The summed E-state index contributed by atoms with van der Waals surface area (Å²) >= 11 is 0. The van der Waals surface area contributed by atoms with E-state index < -0.39 is 0 Å². The summed E-state index contributed by atoms with van der Waals surface area (Å²) in [5, 5.41) is 0. The van der Waals surface area contributed by atoms with Crippen LogP contribution in [0.2, 0.25) is 0 Å². The maximum absolute atomic E-state index is 2.61. The molecule has 0 radical (unpaired) electrons. The molecule has 0 aliphatic carbocycles. The molecule has 1 aliphatic rings. The van der Waals surface area contributed by atoms with Crippen molar-refractivity contribution in [3.05, 3.63) is 35.4 Å². The topological polar surface area (TPSA) is 6.48 Å². The average Bonchev–Trinajstić information content (AvgIpc) is 2.52. The molecule has 0 atom stereocenters. The van der Waals surface area contributed by atoms with Gasteiger partial charge in [-0.2, -0.15) is 0 Å². The Balaban J connectivity index is 0.00000162. The summed E-state index contributed by atoms with van der Waals surface area (Å²) in [6, 6.07) is 8.92. The van der Waals surface area contributed by atoms with E-state index in [-0.39, 0.29) is 24.8 Å². The number of hydrogen-bond acceptors (Lipinski definition) is 2. The Bertz CT molecular complexity index is 329. The molecular weight excluding hydrogens is 279 g/mol. The highest BCUT2D eigenvalue weighted by Crippen LogP contribution is 2.15. The van der Waals surface area contributed by atoms with Gasteiger partial charge in [0.05, 0.1) is 0 Å². The first-order valence-electron chi connectivity index (χ1n) is 6.69. The van der Waals surface area contributed by atoms with Gasteiger partial charge >= 0.3 is 0 Å². The van der Waals surface area contributed by atoms with Gasteiger partial charge < -0.3 is 9.80 Å². The highest BCUT2D eigenvalue weighted by molar-refractivity contribution is 5.85. The minimum atomic E-state index is 0. The summed E-state index contributed by atoms with van der Waals surface area (Å²) in [6.45, 7) is 4.89. The second-order valence-corrected chi connectivity index (χ2v) is 5.27. The van der Waals surface area contributed by atoms with Gasteiger partial charge in [0, 0.05) is 13.1 Å². The molecule has 4 heteroatoms. The molecule has 2 rings (SSSR count). The molecule has 0 aromatic heterocycles. The molecule has 1 aromatic carbocycles. The normalized spacial score (nSPS) is 15.1. The van der Waals surface area contributed by atoms with Crippen LogP contribution in [0.3, 0.4) is 0 Å². The fourth-order valence-electron chi connectivity index (χ4n) is 2.55. The standard InChI is InChI=1S/C15H24N2.2ClH/c1-16(2)10-5-11-17-12-8-14-6-3-4-7-15(14)9-13-17;;/h3-4,6-7H,5,8-13H2,1-2H3;2*1H. The van der Waals surface area contributed by atoms with Gasteiger partial charge in [0.25, 0.3) is 0 Å². The van der Waals surface area contributed by atoms with Crippen LogP contribution in [0, 0.1) is 0 Å². The SMILES string of the molecule is CN(C)CCCN1CCc2ccccc2CC1.Cl.Cl. The fraction of sp³-hybridized carbons (Fsp3) is 0.600. The lowest BCUT2D eigenvalue weighted by Crippen LogP contribution is -2.29. The zero-order valence-electron chi connectivity index (χ0n) is 12.0. The second kappa shape index (κ2) is 9.60. The molecule has 1 heterocycles. The molecule has 110 valence electrons. The van der Waals surface area contributed by atoms with Crippen LogP contribution in [0.15, 0.2) is 24.3 Å². The van der Waals surface area contributed by atoms with E-state index in [9.17, 15) is 0 Å². The van der Waals surface area contributed by atoms with E-state index in [0.29, 0.717) is 0 Å². The molecule has 0 spiro atoms. The zero-order valence-corrected chi connectivity index (χ0v) is 13.6. The van der Waals surface area contributed by atoms with Gasteiger partial charge in [-0.3, -0.25) is 0 Å². The second-order valence-electron chi connectivity index (χ2n) is 5.27. The smallest absolute Gasteiger partial charge is 0.00221 e. The summed E-state index contributed by atoms with van der Waals surface area (Å²) in [6.07, 6.45) is 3.72. The summed E-state index contributed by atoms with van der Waals surface area (Å²) in [5.41, 5.74) is 3.12. The monoisotopic (exact) mass is 304 g/mol. The third kappa shape index (κ3) is 6.13. The van der Waals surface area contributed by atoms with Crippen molar-refractivity contribution in [3.8, 4) is 0 Å². The van der Waals surface area contributed by atoms with Crippen molar-refractivity contribution in [1.29, 1.82) is 0 Å². The first-order valence-corrected chi connectivity index (χ1v) is 6.69. The quantitative estimate of drug-likeness (QED) is 0.844. The lowest BCUT2D eigenvalue weighted by molar-refractivity contribution is 0.266. The Morgan fingerprint density at radius 1 is 1.00 bits per heavy atom. The first-order chi connectivity index (χ1) is 8.25. The third-order valence-electron chi connectivity index (χ3n) is 3.59. The van der Waals surface area contributed by atoms with Crippen LogP contribution in [0.4, 0.5) is 0 Å². The Labute approximate surface area is 130 Å². The summed E-state index contributed by atoms with van der Waals surface area (Å²) in [4.78, 5) is 4.88. The summed E-state index contributed by atoms with van der Waals surface area (Å²) in [5.74, 6) is 0. The zero-order chi connectivity index (χ0) is 12.1. The van der Waals surface area contributed by atoms with Crippen molar-refractivity contribution < 1.29 is 0 Å². The third-order valence-corrected chi connectivity index (χ3v) is 3.59. The van der Waals surface area contributed by atoms with Crippen molar-refractivity contribution in [1.82, 2.24) is 9.80 Å². The molecule has 2 nitrogen and oxygen atoms in total. The number of hydrogen-bond donors (Lipinski definition) is 0. The minimum absolute atomic E-state index is 0. The Morgan fingerprint density at radius 3 is 2.00 bits per heavy atom. The van der Waals surface area contributed by atoms with Crippen LogP contribution < -0.4 is 0 Å². The van der Waals surface area contributed by atoms with Crippen LogP contribution in [-0.2, 0) is 12.8 Å². The van der Waals surface area contributed by atoms with Gasteiger partial charge in [0.2, 0.25) is 0 Å². The molecular formula is C15H26Cl2N2. The molecule has 0 saturated carbocycles. The number of fused-ring (bicyclic) bond motifs is 1. The Morgan fingerprint density at radius 2 is 1.53 bits per heavy atom. The van der Waals surface area contributed by atoms with Gasteiger partial charge in [0.1, 0.15) is 0 Å². The van der Waals surface area contributed by atoms with Crippen LogP contribution in [-0.4, -0.2) is 50.1 Å². The van der Waals surface area contributed by atoms with Crippen LogP contribution >= 0.6 is 24.8 Å². The maximum Gasteiger partial charge on any atom is 0.00221 e. The Kier molecular flexibility index (Phi) is 9.46. The van der Waals surface area contributed by atoms with Crippen molar-refractivity contribution in [2.24, 2.45) is 0 Å². The number of nitrogens with zero attached hydrogens (tertiary/aromatic N) is 2. The van der Waals surface area contributed by atoms with E-state index in [0.717, 1.165) is 0 Å². The lowest BCUT2D eigenvalue weighted by Gasteiger charge is -2.20. The largest absolute Gasteiger partial charge is 0.309 e. The summed E-state index contributed by atoms with van der Waals surface area (Å²) in [7, 11) is 4.30. The summed E-state index contributed by atoms with van der Waals surface area (Å²) < 4.78 is 0. The van der Waals surface area contributed by atoms with Gasteiger partial charge in [0.15, 0.2) is 0 Å². The van der Waals surface area contributed by atoms with E-state index in [1.807, 2.05) is 0 Å². The lowest BCUT2D eigenvalue weighted by atomic mass is 10.0. The predicted molar refractivity (Wildman–Crippen MR) is 88.0 cm³/mol. The molecule has 0 amide bonds. The van der Waals surface area contributed by atoms with E-state index in [1.165, 1.54) is 45.4 Å². The van der Waals surface area contributed by atoms with E-state index in [1.54, 1.807) is 11.1 Å². The van der Waals surface area contributed by atoms with Crippen molar-refractivity contribution in [2.45, 2.75) is 19.3 Å². The number of halogens is 2. The number of benzene rings is 1. The number of rotatable bonds is 4. The van der Waals surface area contributed by atoms with Crippen molar-refractivity contribution >= 4 is 24.8 Å². The molecule has 0 saturated heterocycles. The average molecular weight is 305 g/mol. The van der Waals surface area contributed by atoms with Crippen molar-refractivity contribution in [3.63, 3.8) is 0 Å². The van der Waals surface area contributed by atoms with Gasteiger partial charge in [-0.25, -0.2) is 0 Å². The maximum atomic E-state index is 2.61. The molecule has 0 unspecified atom stereocenters. The molecule has 0 bridgehead atoms. The van der Waals surface area contributed by atoms with Gasteiger partial charge in [-0.15, -0.1) is 24.8 Å². The highest BCUT2D eigenvalue weighted by atomic mass is 35.5. The molecule has 1 aliphatic heterocycles. The fourth-order valence-corrected chi connectivity index (χ4v) is 2.55. The first kappa shape index (κ1) is 18.7. The van der Waals surface area contributed by atoms with Crippen LogP contribution in [0.1, 0.15) is 17.5 Å². The van der Waals surface area contributed by atoms with Gasteiger partial charge in [-0.1, -0.05) is 24.3 Å². The predicted octanol–water partition coefficient (Wildman–Crippen LogP) is 2.88. The van der Waals surface area contributed by atoms with Crippen molar-refractivity contribution in [2.75, 3.05) is 40.3 Å². The molecule has 19 heavy (non-hydrogen) atoms.